The molecule has 1 aromatic carbocycles. The second-order valence-corrected chi connectivity index (χ2v) is 6.64. The smallest absolute Gasteiger partial charge is 0.128 e. The molecule has 0 aliphatic rings. The first kappa shape index (κ1) is 14.1. The van der Waals surface area contributed by atoms with Crippen LogP contribution in [0.3, 0.4) is 0 Å². The number of thiophene rings is 1. The molecule has 104 valence electrons. The van der Waals surface area contributed by atoms with Crippen LogP contribution < -0.4 is 0 Å². The summed E-state index contributed by atoms with van der Waals surface area (Å²) in [5, 5.41) is 4.25. The van der Waals surface area contributed by atoms with Crippen LogP contribution >= 0.6 is 23.1 Å². The minimum atomic E-state index is 0.619. The maximum Gasteiger partial charge on any atom is 0.128 e. The molecule has 3 rings (SSSR count). The minimum Gasteiger partial charge on any atom is -0.229 e. The molecule has 0 atom stereocenters. The third-order valence-electron chi connectivity index (χ3n) is 3.30. The normalized spacial score (nSPS) is 10.7. The van der Waals surface area contributed by atoms with Gasteiger partial charge in [-0.05, 0) is 25.0 Å². The van der Waals surface area contributed by atoms with Crippen LogP contribution in [0.5, 0.6) is 0 Å². The molecule has 0 aliphatic heterocycles. The number of aryl methyl sites for hydroxylation is 2. The maximum atomic E-state index is 5.37. The van der Waals surface area contributed by atoms with Crippen LogP contribution in [0, 0.1) is 26.2 Å². The van der Waals surface area contributed by atoms with E-state index in [9.17, 15) is 0 Å². The van der Waals surface area contributed by atoms with Crippen molar-refractivity contribution in [1.29, 1.82) is 0 Å². The molecule has 3 aromatic rings. The Balaban J connectivity index is 2.21. The Bertz CT molecular complexity index is 844. The highest BCUT2D eigenvalue weighted by atomic mass is 32.2. The Morgan fingerprint density at radius 2 is 2.10 bits per heavy atom. The first-order valence-corrected chi connectivity index (χ1v) is 8.43. The molecule has 2 heterocycles. The van der Waals surface area contributed by atoms with E-state index >= 15 is 0 Å². The van der Waals surface area contributed by atoms with Gasteiger partial charge in [-0.25, -0.2) is 9.97 Å². The van der Waals surface area contributed by atoms with E-state index in [1.54, 1.807) is 29.4 Å². The van der Waals surface area contributed by atoms with Gasteiger partial charge in [-0.3, -0.25) is 0 Å². The van der Waals surface area contributed by atoms with Crippen molar-refractivity contribution in [2.75, 3.05) is 5.75 Å². The quantitative estimate of drug-likeness (QED) is 0.398. The van der Waals surface area contributed by atoms with Crippen LogP contribution in [0.4, 0.5) is 0 Å². The Hall–Kier alpha value is -1.83. The fourth-order valence-electron chi connectivity index (χ4n) is 2.38. The molecule has 0 aliphatic carbocycles. The summed E-state index contributed by atoms with van der Waals surface area (Å²) in [6.07, 6.45) is 6.99. The summed E-state index contributed by atoms with van der Waals surface area (Å²) >= 11 is 3.25. The van der Waals surface area contributed by atoms with Gasteiger partial charge in [0.1, 0.15) is 16.2 Å². The first-order valence-electron chi connectivity index (χ1n) is 6.57. The molecule has 21 heavy (non-hydrogen) atoms. The molecule has 4 heteroatoms. The molecule has 0 N–H and O–H groups in total. The summed E-state index contributed by atoms with van der Waals surface area (Å²) in [4.78, 5) is 9.81. The van der Waals surface area contributed by atoms with E-state index in [0.29, 0.717) is 5.75 Å². The van der Waals surface area contributed by atoms with Crippen molar-refractivity contribution in [2.45, 2.75) is 18.9 Å². The lowest BCUT2D eigenvalue weighted by molar-refractivity contribution is 1.11. The van der Waals surface area contributed by atoms with Crippen molar-refractivity contribution in [1.82, 2.24) is 9.97 Å². The van der Waals surface area contributed by atoms with Gasteiger partial charge in [-0.2, -0.15) is 0 Å². The maximum absolute atomic E-state index is 5.37. The zero-order valence-electron chi connectivity index (χ0n) is 11.9. The topological polar surface area (TPSA) is 25.8 Å². The second-order valence-electron chi connectivity index (χ2n) is 4.82. The molecule has 0 saturated carbocycles. The molecular formula is C17H14N2S2. The van der Waals surface area contributed by atoms with Gasteiger partial charge in [-0.15, -0.1) is 17.8 Å². The van der Waals surface area contributed by atoms with Gasteiger partial charge in [0.2, 0.25) is 0 Å². The predicted octanol–water partition coefficient (Wildman–Crippen LogP) is 4.70. The molecule has 0 radical (unpaired) electrons. The van der Waals surface area contributed by atoms with E-state index in [0.717, 1.165) is 15.2 Å². The van der Waals surface area contributed by atoms with Crippen molar-refractivity contribution in [3.8, 4) is 23.5 Å². The number of hydrogen-bond donors (Lipinski definition) is 0. The van der Waals surface area contributed by atoms with Crippen molar-refractivity contribution in [2.24, 2.45) is 0 Å². The monoisotopic (exact) mass is 310 g/mol. The van der Waals surface area contributed by atoms with Crippen molar-refractivity contribution < 1.29 is 0 Å². The second kappa shape index (κ2) is 5.88. The van der Waals surface area contributed by atoms with E-state index in [1.165, 1.54) is 22.3 Å². The highest BCUT2D eigenvalue weighted by Gasteiger charge is 2.14. The summed E-state index contributed by atoms with van der Waals surface area (Å²) in [5.41, 5.74) is 4.98. The highest BCUT2D eigenvalue weighted by molar-refractivity contribution is 7.99. The number of aromatic nitrogens is 2. The molecule has 0 bridgehead atoms. The number of benzene rings is 1. The van der Waals surface area contributed by atoms with Gasteiger partial charge in [0.15, 0.2) is 0 Å². The summed E-state index contributed by atoms with van der Waals surface area (Å²) in [6, 6.07) is 6.52. The minimum absolute atomic E-state index is 0.619. The van der Waals surface area contributed by atoms with E-state index in [2.05, 4.69) is 53.3 Å². The van der Waals surface area contributed by atoms with E-state index in [1.807, 2.05) is 0 Å². The Kier molecular flexibility index (Phi) is 3.96. The average molecular weight is 310 g/mol. The van der Waals surface area contributed by atoms with E-state index < -0.39 is 0 Å². The van der Waals surface area contributed by atoms with Gasteiger partial charge in [0.25, 0.3) is 0 Å². The molecule has 0 spiro atoms. The van der Waals surface area contributed by atoms with Crippen LogP contribution in [0.25, 0.3) is 21.3 Å². The summed E-state index contributed by atoms with van der Waals surface area (Å²) in [7, 11) is 0. The summed E-state index contributed by atoms with van der Waals surface area (Å²) in [5.74, 6) is 3.28. The van der Waals surface area contributed by atoms with Crippen molar-refractivity contribution >= 4 is 33.3 Å². The van der Waals surface area contributed by atoms with Gasteiger partial charge < -0.3 is 0 Å². The van der Waals surface area contributed by atoms with Gasteiger partial charge >= 0.3 is 0 Å². The van der Waals surface area contributed by atoms with E-state index in [-0.39, 0.29) is 0 Å². The third-order valence-corrected chi connectivity index (χ3v) is 5.08. The number of hydrogen-bond acceptors (Lipinski definition) is 4. The van der Waals surface area contributed by atoms with Crippen molar-refractivity contribution in [3.05, 3.63) is 41.0 Å². The number of rotatable bonds is 3. The average Bonchev–Trinajstić information content (AvgIpc) is 2.89. The SMILES string of the molecule is C#CCSc1ncnc2scc(-c3ccc(C)cc3C)c12. The molecule has 0 saturated heterocycles. The lowest BCUT2D eigenvalue weighted by Crippen LogP contribution is -1.88. The Morgan fingerprint density at radius 1 is 1.24 bits per heavy atom. The molecule has 0 fully saturated rings. The van der Waals surface area contributed by atoms with Crippen molar-refractivity contribution in [3.63, 3.8) is 0 Å². The van der Waals surface area contributed by atoms with Crippen LogP contribution in [-0.4, -0.2) is 15.7 Å². The zero-order chi connectivity index (χ0) is 14.8. The number of thioether (sulfide) groups is 1. The molecular weight excluding hydrogens is 296 g/mol. The standard InChI is InChI=1S/C17H14N2S2/c1-4-7-20-16-15-14(9-21-17(15)19-10-18-16)13-6-5-11(2)8-12(13)3/h1,5-6,8-10H,7H2,2-3H3. The summed E-state index contributed by atoms with van der Waals surface area (Å²) < 4.78 is 0. The fourth-order valence-corrected chi connectivity index (χ4v) is 4.05. The number of terminal acetylenes is 1. The van der Waals surface area contributed by atoms with Crippen LogP contribution in [0.1, 0.15) is 11.1 Å². The third kappa shape index (κ3) is 2.67. The van der Waals surface area contributed by atoms with Gasteiger partial charge in [0, 0.05) is 10.9 Å². The fraction of sp³-hybridized carbons (Fsp3) is 0.176. The molecule has 0 unspecified atom stereocenters. The largest absolute Gasteiger partial charge is 0.229 e. The highest BCUT2D eigenvalue weighted by Crippen LogP contribution is 2.38. The van der Waals surface area contributed by atoms with Crippen LogP contribution in [0.15, 0.2) is 34.9 Å². The van der Waals surface area contributed by atoms with Gasteiger partial charge in [-0.1, -0.05) is 41.4 Å². The Labute approximate surface area is 132 Å². The first-order chi connectivity index (χ1) is 10.2. The number of nitrogens with zero attached hydrogens (tertiary/aromatic N) is 2. The van der Waals surface area contributed by atoms with Crippen LogP contribution in [-0.2, 0) is 0 Å². The van der Waals surface area contributed by atoms with E-state index in [4.69, 9.17) is 6.42 Å². The van der Waals surface area contributed by atoms with Crippen LogP contribution in [0.2, 0.25) is 0 Å². The Morgan fingerprint density at radius 3 is 2.86 bits per heavy atom. The lowest BCUT2D eigenvalue weighted by atomic mass is 9.99. The molecule has 0 amide bonds. The number of fused-ring (bicyclic) bond motifs is 1. The molecule has 2 aromatic heterocycles. The molecule has 2 nitrogen and oxygen atoms in total. The lowest BCUT2D eigenvalue weighted by Gasteiger charge is -2.07. The summed E-state index contributed by atoms with van der Waals surface area (Å²) in [6.45, 7) is 4.25. The van der Waals surface area contributed by atoms with Gasteiger partial charge in [0.05, 0.1) is 11.1 Å². The predicted molar refractivity (Wildman–Crippen MR) is 91.9 cm³/mol. The zero-order valence-corrected chi connectivity index (χ0v) is 13.5.